The highest BCUT2D eigenvalue weighted by molar-refractivity contribution is 7.78. The van der Waals surface area contributed by atoms with Crippen LogP contribution in [0.1, 0.15) is 29.8 Å². The van der Waals surface area contributed by atoms with E-state index in [0.29, 0.717) is 5.56 Å². The molecule has 0 aliphatic heterocycles. The van der Waals surface area contributed by atoms with Crippen LogP contribution in [0, 0.1) is 0 Å². The standard InChI is InChI=1S/C10H12ClNOS/c1-10(2,12-14)8-6-4-3-5-7(8)9(11)13/h3-6,12,14H,1-2H3. The maximum atomic E-state index is 11.1. The van der Waals surface area contributed by atoms with Crippen LogP contribution >= 0.6 is 24.4 Å². The summed E-state index contributed by atoms with van der Waals surface area (Å²) in [4.78, 5) is 11.1. The zero-order chi connectivity index (χ0) is 10.8. The summed E-state index contributed by atoms with van der Waals surface area (Å²) < 4.78 is 2.84. The summed E-state index contributed by atoms with van der Waals surface area (Å²) in [7, 11) is 0. The minimum Gasteiger partial charge on any atom is -0.276 e. The molecule has 0 aliphatic carbocycles. The molecule has 0 fully saturated rings. The molecule has 0 radical (unpaired) electrons. The van der Waals surface area contributed by atoms with Crippen LogP contribution in [0.15, 0.2) is 24.3 Å². The van der Waals surface area contributed by atoms with Gasteiger partial charge in [-0.1, -0.05) is 31.0 Å². The molecule has 0 saturated heterocycles. The Balaban J connectivity index is 3.27. The molecule has 4 heteroatoms. The van der Waals surface area contributed by atoms with Crippen LogP contribution in [-0.4, -0.2) is 5.24 Å². The van der Waals surface area contributed by atoms with Crippen LogP contribution in [0.5, 0.6) is 0 Å². The Hall–Kier alpha value is -0.510. The van der Waals surface area contributed by atoms with Crippen molar-refractivity contribution in [3.8, 4) is 0 Å². The van der Waals surface area contributed by atoms with Crippen LogP contribution in [0.2, 0.25) is 0 Å². The van der Waals surface area contributed by atoms with Crippen molar-refractivity contribution in [1.29, 1.82) is 0 Å². The first kappa shape index (κ1) is 11.6. The molecule has 1 rings (SSSR count). The van der Waals surface area contributed by atoms with E-state index in [2.05, 4.69) is 17.5 Å². The lowest BCUT2D eigenvalue weighted by atomic mass is 9.91. The Kier molecular flexibility index (Phi) is 3.59. The molecule has 1 aromatic rings. The number of halogens is 1. The number of carbonyl (C=O) groups excluding carboxylic acids is 1. The third-order valence-corrected chi connectivity index (χ3v) is 2.85. The molecule has 0 aromatic heterocycles. The van der Waals surface area contributed by atoms with E-state index in [9.17, 15) is 4.79 Å². The molecule has 0 spiro atoms. The van der Waals surface area contributed by atoms with E-state index in [1.54, 1.807) is 12.1 Å². The fourth-order valence-electron chi connectivity index (χ4n) is 1.26. The van der Waals surface area contributed by atoms with Crippen molar-refractivity contribution in [2.75, 3.05) is 0 Å². The van der Waals surface area contributed by atoms with Gasteiger partial charge >= 0.3 is 0 Å². The molecule has 76 valence electrons. The fourth-order valence-corrected chi connectivity index (χ4v) is 1.54. The lowest BCUT2D eigenvalue weighted by molar-refractivity contribution is 0.107. The highest BCUT2D eigenvalue weighted by Crippen LogP contribution is 2.25. The second kappa shape index (κ2) is 4.34. The number of carbonyl (C=O) groups is 1. The minimum atomic E-state index is -0.447. The summed E-state index contributed by atoms with van der Waals surface area (Å²) in [5.41, 5.74) is 0.972. The average Bonchev–Trinajstić information content (AvgIpc) is 2.18. The summed E-state index contributed by atoms with van der Waals surface area (Å²) in [6.07, 6.45) is 0. The first-order chi connectivity index (χ1) is 6.49. The van der Waals surface area contributed by atoms with Gasteiger partial charge in [-0.2, -0.15) is 0 Å². The Morgan fingerprint density at radius 3 is 2.50 bits per heavy atom. The first-order valence-corrected chi connectivity index (χ1v) is 5.02. The van der Waals surface area contributed by atoms with Gasteiger partial charge in [-0.25, -0.2) is 0 Å². The van der Waals surface area contributed by atoms with Gasteiger partial charge in [0, 0.05) is 11.1 Å². The van der Waals surface area contributed by atoms with Crippen LogP contribution in [0.3, 0.4) is 0 Å². The summed E-state index contributed by atoms with van der Waals surface area (Å²) in [5.74, 6) is 0. The van der Waals surface area contributed by atoms with Gasteiger partial charge in [-0.3, -0.25) is 9.52 Å². The number of benzene rings is 1. The van der Waals surface area contributed by atoms with Gasteiger partial charge in [-0.05, 0) is 37.1 Å². The number of hydrogen-bond acceptors (Lipinski definition) is 3. The Bertz CT molecular complexity index is 352. The maximum absolute atomic E-state index is 11.1. The summed E-state index contributed by atoms with van der Waals surface area (Å²) in [6.45, 7) is 3.86. The highest BCUT2D eigenvalue weighted by atomic mass is 35.5. The van der Waals surface area contributed by atoms with E-state index >= 15 is 0 Å². The van der Waals surface area contributed by atoms with Crippen molar-refractivity contribution >= 4 is 29.7 Å². The van der Waals surface area contributed by atoms with Crippen molar-refractivity contribution in [3.63, 3.8) is 0 Å². The molecule has 0 amide bonds. The molecule has 1 aromatic carbocycles. The Morgan fingerprint density at radius 1 is 1.43 bits per heavy atom. The van der Waals surface area contributed by atoms with Gasteiger partial charge in [0.05, 0.1) is 0 Å². The van der Waals surface area contributed by atoms with Crippen LogP contribution < -0.4 is 4.72 Å². The van der Waals surface area contributed by atoms with Crippen molar-refractivity contribution in [2.24, 2.45) is 0 Å². The normalized spacial score (nSPS) is 11.4. The summed E-state index contributed by atoms with van der Waals surface area (Å²) in [6, 6.07) is 7.22. The molecule has 1 N–H and O–H groups in total. The van der Waals surface area contributed by atoms with E-state index in [1.807, 2.05) is 26.0 Å². The molecule has 14 heavy (non-hydrogen) atoms. The molecular weight excluding hydrogens is 218 g/mol. The number of nitrogens with one attached hydrogen (secondary N) is 1. The number of rotatable bonds is 3. The van der Waals surface area contributed by atoms with E-state index in [0.717, 1.165) is 5.56 Å². The lowest BCUT2D eigenvalue weighted by Crippen LogP contribution is -2.31. The monoisotopic (exact) mass is 229 g/mol. The number of hydrogen-bond donors (Lipinski definition) is 2. The number of thiol groups is 1. The summed E-state index contributed by atoms with van der Waals surface area (Å²) in [5, 5.41) is -0.447. The van der Waals surface area contributed by atoms with E-state index in [4.69, 9.17) is 11.6 Å². The van der Waals surface area contributed by atoms with Gasteiger partial charge in [0.2, 0.25) is 0 Å². The quantitative estimate of drug-likeness (QED) is 0.617. The van der Waals surface area contributed by atoms with Crippen LogP contribution in [0.25, 0.3) is 0 Å². The Labute approximate surface area is 94.2 Å². The maximum Gasteiger partial charge on any atom is 0.252 e. The van der Waals surface area contributed by atoms with E-state index in [1.165, 1.54) is 0 Å². The third-order valence-electron chi connectivity index (χ3n) is 2.09. The fraction of sp³-hybridized carbons (Fsp3) is 0.300. The predicted molar refractivity (Wildman–Crippen MR) is 61.8 cm³/mol. The summed E-state index contributed by atoms with van der Waals surface area (Å²) >= 11 is 9.50. The largest absolute Gasteiger partial charge is 0.276 e. The van der Waals surface area contributed by atoms with Crippen molar-refractivity contribution in [1.82, 2.24) is 4.72 Å². The Morgan fingerprint density at radius 2 is 2.00 bits per heavy atom. The zero-order valence-electron chi connectivity index (χ0n) is 8.04. The van der Waals surface area contributed by atoms with Crippen molar-refractivity contribution in [2.45, 2.75) is 19.4 Å². The predicted octanol–water partition coefficient (Wildman–Crippen LogP) is 2.74. The molecule has 0 saturated carbocycles. The molecule has 2 nitrogen and oxygen atoms in total. The zero-order valence-corrected chi connectivity index (χ0v) is 9.69. The third kappa shape index (κ3) is 2.29. The molecule has 0 atom stereocenters. The molecule has 0 aliphatic rings. The molecule has 0 heterocycles. The smallest absolute Gasteiger partial charge is 0.252 e. The SMILES string of the molecule is CC(C)(NS)c1ccccc1C(=O)Cl. The van der Waals surface area contributed by atoms with Gasteiger partial charge in [0.1, 0.15) is 0 Å². The molecule has 0 bridgehead atoms. The van der Waals surface area contributed by atoms with Gasteiger partial charge in [0.25, 0.3) is 5.24 Å². The highest BCUT2D eigenvalue weighted by Gasteiger charge is 2.23. The van der Waals surface area contributed by atoms with Crippen LogP contribution in [-0.2, 0) is 5.54 Å². The molecular formula is C10H12ClNOS. The second-order valence-electron chi connectivity index (χ2n) is 3.56. The van der Waals surface area contributed by atoms with E-state index in [-0.39, 0.29) is 5.54 Å². The van der Waals surface area contributed by atoms with Crippen LogP contribution in [0.4, 0.5) is 0 Å². The molecule has 0 unspecified atom stereocenters. The van der Waals surface area contributed by atoms with Crippen molar-refractivity contribution in [3.05, 3.63) is 35.4 Å². The van der Waals surface area contributed by atoms with Gasteiger partial charge < -0.3 is 0 Å². The van der Waals surface area contributed by atoms with Gasteiger partial charge in [0.15, 0.2) is 0 Å². The first-order valence-electron chi connectivity index (χ1n) is 4.19. The average molecular weight is 230 g/mol. The lowest BCUT2D eigenvalue weighted by Gasteiger charge is -2.25. The van der Waals surface area contributed by atoms with Crippen molar-refractivity contribution < 1.29 is 4.79 Å². The topological polar surface area (TPSA) is 29.1 Å². The second-order valence-corrected chi connectivity index (χ2v) is 4.12. The van der Waals surface area contributed by atoms with E-state index < -0.39 is 5.24 Å². The minimum absolute atomic E-state index is 0.385. The van der Waals surface area contributed by atoms with Gasteiger partial charge in [-0.15, -0.1) is 0 Å².